The van der Waals surface area contributed by atoms with E-state index < -0.39 is 17.7 Å². The van der Waals surface area contributed by atoms with Crippen LogP contribution in [0.25, 0.3) is 0 Å². The number of aromatic nitrogens is 3. The van der Waals surface area contributed by atoms with E-state index in [4.69, 9.17) is 5.73 Å². The van der Waals surface area contributed by atoms with Crippen molar-refractivity contribution in [3.63, 3.8) is 0 Å². The smallest absolute Gasteiger partial charge is 0.153 e. The Bertz CT molecular complexity index is 577. The third kappa shape index (κ3) is 2.04. The molecule has 0 aliphatic heterocycles. The second-order valence-electron chi connectivity index (χ2n) is 3.96. The average Bonchev–Trinajstić information content (AvgIpc) is 2.64. The molecule has 7 heteroatoms. The van der Waals surface area contributed by atoms with Gasteiger partial charge in [-0.2, -0.15) is 0 Å². The molecule has 0 aliphatic rings. The van der Waals surface area contributed by atoms with Crippen LogP contribution < -0.4 is 5.73 Å². The maximum Gasteiger partial charge on any atom is 0.153 e. The Kier molecular flexibility index (Phi) is 3.45. The summed E-state index contributed by atoms with van der Waals surface area (Å²) in [4.78, 5) is 0. The van der Waals surface area contributed by atoms with E-state index in [1.807, 2.05) is 0 Å². The summed E-state index contributed by atoms with van der Waals surface area (Å²) in [5.74, 6) is -1.32. The van der Waals surface area contributed by atoms with E-state index in [2.05, 4.69) is 26.2 Å². The molecular weight excluding hydrogens is 306 g/mol. The van der Waals surface area contributed by atoms with Crippen LogP contribution in [0, 0.1) is 18.6 Å². The summed E-state index contributed by atoms with van der Waals surface area (Å²) >= 11 is 3.16. The minimum absolute atomic E-state index is 0.180. The molecule has 0 radical (unpaired) electrons. The molecule has 1 heterocycles. The van der Waals surface area contributed by atoms with Crippen LogP contribution >= 0.6 is 15.9 Å². The maximum absolute atomic E-state index is 14.0. The van der Waals surface area contributed by atoms with E-state index in [1.165, 1.54) is 16.8 Å². The minimum atomic E-state index is -0.973. The second-order valence-corrected chi connectivity index (χ2v) is 4.71. The van der Waals surface area contributed by atoms with E-state index >= 15 is 0 Å². The molecule has 1 aromatic heterocycles. The summed E-state index contributed by atoms with van der Waals surface area (Å²) in [5, 5.41) is 7.49. The predicted molar refractivity (Wildman–Crippen MR) is 65.8 cm³/mol. The van der Waals surface area contributed by atoms with Crippen molar-refractivity contribution in [1.29, 1.82) is 0 Å². The molecule has 0 fully saturated rings. The molecule has 0 bridgehead atoms. The van der Waals surface area contributed by atoms with Gasteiger partial charge in [0.05, 0.1) is 11.7 Å². The Hall–Kier alpha value is -1.34. The molecule has 1 atom stereocenters. The van der Waals surface area contributed by atoms with E-state index in [0.29, 0.717) is 15.9 Å². The fraction of sp³-hybridized carbons (Fsp3) is 0.273. The summed E-state index contributed by atoms with van der Waals surface area (Å²) < 4.78 is 29.5. The van der Waals surface area contributed by atoms with Crippen LogP contribution in [0.1, 0.15) is 22.9 Å². The van der Waals surface area contributed by atoms with Crippen molar-refractivity contribution in [2.24, 2.45) is 12.8 Å². The second kappa shape index (κ2) is 4.74. The first-order chi connectivity index (χ1) is 8.43. The van der Waals surface area contributed by atoms with Gasteiger partial charge < -0.3 is 5.73 Å². The van der Waals surface area contributed by atoms with Crippen molar-refractivity contribution in [2.75, 3.05) is 0 Å². The van der Waals surface area contributed by atoms with Gasteiger partial charge in [0, 0.05) is 12.6 Å². The fourth-order valence-corrected chi connectivity index (χ4v) is 2.34. The molecule has 1 unspecified atom stereocenters. The Balaban J connectivity index is 2.60. The molecule has 18 heavy (non-hydrogen) atoms. The number of hydrogen-bond donors (Lipinski definition) is 1. The first-order valence-electron chi connectivity index (χ1n) is 5.18. The van der Waals surface area contributed by atoms with Crippen molar-refractivity contribution in [3.8, 4) is 0 Å². The summed E-state index contributed by atoms with van der Waals surface area (Å²) in [6.07, 6.45) is 0. The molecule has 1 aromatic carbocycles. The monoisotopic (exact) mass is 316 g/mol. The van der Waals surface area contributed by atoms with E-state index in [0.717, 1.165) is 0 Å². The summed E-state index contributed by atoms with van der Waals surface area (Å²) in [5.41, 5.74) is 6.50. The van der Waals surface area contributed by atoms with Crippen molar-refractivity contribution >= 4 is 15.9 Å². The van der Waals surface area contributed by atoms with Crippen molar-refractivity contribution in [3.05, 3.63) is 45.2 Å². The third-order valence-corrected chi connectivity index (χ3v) is 3.32. The first kappa shape index (κ1) is 13.1. The molecule has 0 aliphatic carbocycles. The molecule has 2 rings (SSSR count). The van der Waals surface area contributed by atoms with Crippen LogP contribution in [0.15, 0.2) is 16.7 Å². The number of aryl methyl sites for hydroxylation is 2. The normalized spacial score (nSPS) is 12.8. The van der Waals surface area contributed by atoms with Crippen LogP contribution in [0.5, 0.6) is 0 Å². The van der Waals surface area contributed by atoms with Crippen molar-refractivity contribution < 1.29 is 8.78 Å². The van der Waals surface area contributed by atoms with Gasteiger partial charge in [-0.15, -0.1) is 5.10 Å². The number of hydrogen-bond acceptors (Lipinski definition) is 3. The Morgan fingerprint density at radius 3 is 2.61 bits per heavy atom. The largest absolute Gasteiger partial charge is 0.319 e. The fourth-order valence-electron chi connectivity index (χ4n) is 1.77. The lowest BCUT2D eigenvalue weighted by molar-refractivity contribution is 0.527. The number of halogens is 3. The average molecular weight is 317 g/mol. The number of nitrogens with zero attached hydrogens (tertiary/aromatic N) is 3. The molecule has 4 nitrogen and oxygen atoms in total. The molecule has 0 spiro atoms. The van der Waals surface area contributed by atoms with Crippen LogP contribution in [0.2, 0.25) is 0 Å². The third-order valence-electron chi connectivity index (χ3n) is 2.75. The van der Waals surface area contributed by atoms with E-state index in [-0.39, 0.29) is 5.56 Å². The molecule has 0 amide bonds. The van der Waals surface area contributed by atoms with Crippen molar-refractivity contribution in [1.82, 2.24) is 15.0 Å². The topological polar surface area (TPSA) is 56.7 Å². The van der Waals surface area contributed by atoms with Gasteiger partial charge in [-0.05, 0) is 34.5 Å². The lowest BCUT2D eigenvalue weighted by Gasteiger charge is -2.15. The quantitative estimate of drug-likeness (QED) is 0.924. The summed E-state index contributed by atoms with van der Waals surface area (Å²) in [6, 6.07) is 1.60. The highest BCUT2D eigenvalue weighted by Crippen LogP contribution is 2.29. The Morgan fingerprint density at radius 2 is 2.06 bits per heavy atom. The van der Waals surface area contributed by atoms with Crippen molar-refractivity contribution in [2.45, 2.75) is 13.0 Å². The van der Waals surface area contributed by atoms with E-state index in [1.54, 1.807) is 14.0 Å². The van der Waals surface area contributed by atoms with E-state index in [9.17, 15) is 8.78 Å². The van der Waals surface area contributed by atoms with Gasteiger partial charge >= 0.3 is 0 Å². The lowest BCUT2D eigenvalue weighted by Crippen LogP contribution is -2.20. The zero-order valence-corrected chi connectivity index (χ0v) is 11.4. The number of nitrogens with two attached hydrogens (primary N) is 1. The Morgan fingerprint density at radius 1 is 1.39 bits per heavy atom. The molecular formula is C11H11BrF2N4. The highest BCUT2D eigenvalue weighted by molar-refractivity contribution is 9.10. The number of rotatable bonds is 2. The first-order valence-corrected chi connectivity index (χ1v) is 5.98. The predicted octanol–water partition coefficient (Wildman–Crippen LogP) is 2.21. The standard InChI is InChI=1S/C11H11BrF2N4/c1-5-3-4-6(13)7(8(5)14)9(15)10-11(12)16-17-18(10)2/h3-4,9H,15H2,1-2H3. The highest BCUT2D eigenvalue weighted by Gasteiger charge is 2.25. The van der Waals surface area contributed by atoms with Gasteiger partial charge in [-0.3, -0.25) is 0 Å². The molecule has 2 N–H and O–H groups in total. The zero-order valence-electron chi connectivity index (χ0n) is 9.78. The molecule has 0 saturated carbocycles. The molecule has 0 saturated heterocycles. The zero-order chi connectivity index (χ0) is 13.4. The van der Waals surface area contributed by atoms with Crippen LogP contribution in [0.3, 0.4) is 0 Å². The molecule has 2 aromatic rings. The summed E-state index contributed by atoms with van der Waals surface area (Å²) in [6.45, 7) is 1.56. The maximum atomic E-state index is 14.0. The van der Waals surface area contributed by atoms with Gasteiger partial charge in [0.2, 0.25) is 0 Å². The van der Waals surface area contributed by atoms with Crippen LogP contribution in [-0.4, -0.2) is 15.0 Å². The van der Waals surface area contributed by atoms with Gasteiger partial charge in [0.25, 0.3) is 0 Å². The van der Waals surface area contributed by atoms with Gasteiger partial charge in [-0.1, -0.05) is 11.3 Å². The minimum Gasteiger partial charge on any atom is -0.319 e. The van der Waals surface area contributed by atoms with Crippen LogP contribution in [0.4, 0.5) is 8.78 Å². The van der Waals surface area contributed by atoms with Gasteiger partial charge in [-0.25, -0.2) is 13.5 Å². The van der Waals surface area contributed by atoms with Gasteiger partial charge in [0.1, 0.15) is 11.6 Å². The molecule has 96 valence electrons. The number of benzene rings is 1. The van der Waals surface area contributed by atoms with Crippen LogP contribution in [-0.2, 0) is 7.05 Å². The lowest BCUT2D eigenvalue weighted by atomic mass is 10.0. The van der Waals surface area contributed by atoms with Gasteiger partial charge in [0.15, 0.2) is 4.60 Å². The summed E-state index contributed by atoms with van der Waals surface area (Å²) in [7, 11) is 1.61. The SMILES string of the molecule is Cc1ccc(F)c(C(N)c2c(Br)nnn2C)c1F. The Labute approximate surface area is 111 Å². The highest BCUT2D eigenvalue weighted by atomic mass is 79.9.